The molecular weight excluding hydrogens is 266 g/mol. The van der Waals surface area contributed by atoms with Gasteiger partial charge in [0.2, 0.25) is 0 Å². The molecule has 21 heavy (non-hydrogen) atoms. The Bertz CT molecular complexity index is 746. The van der Waals surface area contributed by atoms with E-state index >= 15 is 0 Å². The van der Waals surface area contributed by atoms with Gasteiger partial charge in [-0.15, -0.1) is 0 Å². The standard InChI is InChI=1S/C16H17N3O2/c1-10-6-11(2)14-13(7-10)19(16(21)15(14)20)5-4-12-8-17-18(3)9-12/h6-9H,4-5H2,1-3H3. The smallest absolute Gasteiger partial charge is 0.299 e. The molecule has 0 aliphatic carbocycles. The average Bonchev–Trinajstić information content (AvgIpc) is 2.92. The first-order valence-electron chi connectivity index (χ1n) is 6.92. The summed E-state index contributed by atoms with van der Waals surface area (Å²) in [6.07, 6.45) is 4.38. The highest BCUT2D eigenvalue weighted by Gasteiger charge is 2.36. The number of hydrogen-bond acceptors (Lipinski definition) is 3. The van der Waals surface area contributed by atoms with Crippen molar-refractivity contribution in [2.75, 3.05) is 11.4 Å². The lowest BCUT2D eigenvalue weighted by Crippen LogP contribution is -2.31. The van der Waals surface area contributed by atoms with Gasteiger partial charge in [0.05, 0.1) is 17.4 Å². The van der Waals surface area contributed by atoms with Crippen LogP contribution >= 0.6 is 0 Å². The fraction of sp³-hybridized carbons (Fsp3) is 0.312. The summed E-state index contributed by atoms with van der Waals surface area (Å²) in [6, 6.07) is 3.85. The van der Waals surface area contributed by atoms with E-state index < -0.39 is 11.7 Å². The van der Waals surface area contributed by atoms with Crippen LogP contribution in [0.15, 0.2) is 24.5 Å². The third-order valence-electron chi connectivity index (χ3n) is 3.80. The molecule has 5 nitrogen and oxygen atoms in total. The Morgan fingerprint density at radius 3 is 2.62 bits per heavy atom. The Balaban J connectivity index is 1.90. The lowest BCUT2D eigenvalue weighted by molar-refractivity contribution is -0.114. The predicted octanol–water partition coefficient (Wildman–Crippen LogP) is 1.81. The lowest BCUT2D eigenvalue weighted by atomic mass is 10.0. The molecule has 3 rings (SSSR count). The van der Waals surface area contributed by atoms with E-state index in [9.17, 15) is 9.59 Å². The van der Waals surface area contributed by atoms with Crippen molar-refractivity contribution in [3.8, 4) is 0 Å². The summed E-state index contributed by atoms with van der Waals surface area (Å²) in [5.41, 5.74) is 4.27. The molecule has 2 aromatic rings. The Morgan fingerprint density at radius 2 is 1.95 bits per heavy atom. The summed E-state index contributed by atoms with van der Waals surface area (Å²) in [5.74, 6) is -0.823. The van der Waals surface area contributed by atoms with Gasteiger partial charge in [-0.1, -0.05) is 6.07 Å². The van der Waals surface area contributed by atoms with E-state index in [0.717, 1.165) is 22.4 Å². The Kier molecular flexibility index (Phi) is 3.12. The first-order valence-corrected chi connectivity index (χ1v) is 6.92. The van der Waals surface area contributed by atoms with Crippen molar-refractivity contribution < 1.29 is 9.59 Å². The quantitative estimate of drug-likeness (QED) is 0.807. The summed E-state index contributed by atoms with van der Waals surface area (Å²) < 4.78 is 1.73. The van der Waals surface area contributed by atoms with Gasteiger partial charge >= 0.3 is 0 Å². The van der Waals surface area contributed by atoms with Gasteiger partial charge in [-0.3, -0.25) is 14.3 Å². The van der Waals surface area contributed by atoms with E-state index in [1.807, 2.05) is 39.2 Å². The molecule has 0 atom stereocenters. The van der Waals surface area contributed by atoms with Crippen LogP contribution in [0.2, 0.25) is 0 Å². The fourth-order valence-electron chi connectivity index (χ4n) is 2.86. The van der Waals surface area contributed by atoms with Crippen LogP contribution in [0, 0.1) is 13.8 Å². The molecule has 0 fully saturated rings. The largest absolute Gasteiger partial charge is 0.304 e. The Morgan fingerprint density at radius 1 is 1.19 bits per heavy atom. The Hall–Kier alpha value is -2.43. The minimum absolute atomic E-state index is 0.395. The number of fused-ring (bicyclic) bond motifs is 1. The second-order valence-electron chi connectivity index (χ2n) is 5.53. The molecule has 1 aromatic carbocycles. The predicted molar refractivity (Wildman–Crippen MR) is 79.5 cm³/mol. The van der Waals surface area contributed by atoms with E-state index in [1.54, 1.807) is 15.8 Å². The van der Waals surface area contributed by atoms with Gasteiger partial charge < -0.3 is 4.90 Å². The topological polar surface area (TPSA) is 55.2 Å². The number of anilines is 1. The average molecular weight is 283 g/mol. The first-order chi connectivity index (χ1) is 9.97. The number of nitrogens with zero attached hydrogens (tertiary/aromatic N) is 3. The number of benzene rings is 1. The van der Waals surface area contributed by atoms with Crippen LogP contribution in [0.1, 0.15) is 27.0 Å². The van der Waals surface area contributed by atoms with Gasteiger partial charge in [-0.2, -0.15) is 5.10 Å². The van der Waals surface area contributed by atoms with Crippen molar-refractivity contribution in [1.82, 2.24) is 9.78 Å². The zero-order chi connectivity index (χ0) is 15.1. The molecule has 0 spiro atoms. The molecule has 1 amide bonds. The van der Waals surface area contributed by atoms with E-state index in [0.29, 0.717) is 18.5 Å². The SMILES string of the molecule is Cc1cc(C)c2c(c1)N(CCc1cnn(C)c1)C(=O)C2=O. The number of Topliss-reactive ketones (excluding diaryl/α,β-unsaturated/α-hetero) is 1. The third-order valence-corrected chi connectivity index (χ3v) is 3.80. The zero-order valence-electron chi connectivity index (χ0n) is 12.4. The summed E-state index contributed by atoms with van der Waals surface area (Å²) in [7, 11) is 1.86. The molecule has 1 aliphatic rings. The first kappa shape index (κ1) is 13.5. The molecule has 0 saturated heterocycles. The van der Waals surface area contributed by atoms with Gasteiger partial charge in [0.15, 0.2) is 0 Å². The van der Waals surface area contributed by atoms with Gasteiger partial charge in [0, 0.05) is 19.8 Å². The number of aromatic nitrogens is 2. The van der Waals surface area contributed by atoms with Crippen LogP contribution in [-0.2, 0) is 18.3 Å². The number of aryl methyl sites for hydroxylation is 3. The maximum absolute atomic E-state index is 12.2. The van der Waals surface area contributed by atoms with Gasteiger partial charge in [-0.05, 0) is 43.0 Å². The second kappa shape index (κ2) is 4.84. The molecule has 1 aliphatic heterocycles. The van der Waals surface area contributed by atoms with E-state index in [-0.39, 0.29) is 0 Å². The Labute approximate surface area is 123 Å². The minimum Gasteiger partial charge on any atom is -0.304 e. The molecule has 108 valence electrons. The highest BCUT2D eigenvalue weighted by atomic mass is 16.2. The summed E-state index contributed by atoms with van der Waals surface area (Å²) in [6.45, 7) is 4.34. The number of carbonyl (C=O) groups is 2. The van der Waals surface area contributed by atoms with Crippen LogP contribution in [0.5, 0.6) is 0 Å². The van der Waals surface area contributed by atoms with Crippen LogP contribution in [0.25, 0.3) is 0 Å². The number of ketones is 1. The molecule has 0 radical (unpaired) electrons. The second-order valence-corrected chi connectivity index (χ2v) is 5.53. The molecule has 1 aromatic heterocycles. The van der Waals surface area contributed by atoms with Crippen LogP contribution < -0.4 is 4.90 Å². The molecule has 5 heteroatoms. The normalized spacial score (nSPS) is 14.0. The molecule has 0 bridgehead atoms. The molecule has 0 N–H and O–H groups in total. The summed E-state index contributed by atoms with van der Waals surface area (Å²) >= 11 is 0. The summed E-state index contributed by atoms with van der Waals surface area (Å²) in [4.78, 5) is 25.9. The molecule has 0 unspecified atom stereocenters. The van der Waals surface area contributed by atoms with Crippen molar-refractivity contribution >= 4 is 17.4 Å². The van der Waals surface area contributed by atoms with Crippen molar-refractivity contribution in [2.45, 2.75) is 20.3 Å². The van der Waals surface area contributed by atoms with Crippen LogP contribution in [0.4, 0.5) is 5.69 Å². The monoisotopic (exact) mass is 283 g/mol. The van der Waals surface area contributed by atoms with Crippen LogP contribution in [-0.4, -0.2) is 28.0 Å². The maximum Gasteiger partial charge on any atom is 0.299 e. The molecule has 2 heterocycles. The highest BCUT2D eigenvalue weighted by Crippen LogP contribution is 2.32. The molecule has 0 saturated carbocycles. The van der Waals surface area contributed by atoms with Crippen molar-refractivity contribution in [2.24, 2.45) is 7.05 Å². The maximum atomic E-state index is 12.2. The minimum atomic E-state index is -0.428. The number of carbonyl (C=O) groups excluding carboxylic acids is 2. The van der Waals surface area contributed by atoms with Crippen molar-refractivity contribution in [1.29, 1.82) is 0 Å². The van der Waals surface area contributed by atoms with Crippen LogP contribution in [0.3, 0.4) is 0 Å². The van der Waals surface area contributed by atoms with Crippen molar-refractivity contribution in [3.63, 3.8) is 0 Å². The zero-order valence-corrected chi connectivity index (χ0v) is 12.4. The highest BCUT2D eigenvalue weighted by molar-refractivity contribution is 6.52. The fourth-order valence-corrected chi connectivity index (χ4v) is 2.86. The van der Waals surface area contributed by atoms with Gasteiger partial charge in [0.1, 0.15) is 0 Å². The lowest BCUT2D eigenvalue weighted by Gasteiger charge is -2.16. The number of hydrogen-bond donors (Lipinski definition) is 0. The van der Waals surface area contributed by atoms with E-state index in [1.165, 1.54) is 0 Å². The summed E-state index contributed by atoms with van der Waals surface area (Å²) in [5, 5.41) is 4.11. The number of amides is 1. The van der Waals surface area contributed by atoms with E-state index in [2.05, 4.69) is 5.10 Å². The van der Waals surface area contributed by atoms with Gasteiger partial charge in [-0.25, -0.2) is 0 Å². The number of rotatable bonds is 3. The third kappa shape index (κ3) is 2.24. The van der Waals surface area contributed by atoms with Gasteiger partial charge in [0.25, 0.3) is 11.7 Å². The van der Waals surface area contributed by atoms with Crippen molar-refractivity contribution in [3.05, 3.63) is 46.8 Å². The van der Waals surface area contributed by atoms with E-state index in [4.69, 9.17) is 0 Å². The molecular formula is C16H17N3O2.